The molecule has 1 unspecified atom stereocenters. The Balaban J connectivity index is 2.51. The maximum Gasteiger partial charge on any atom is 0.126 e. The van der Waals surface area contributed by atoms with Gasteiger partial charge in [-0.2, -0.15) is 5.26 Å². The molecule has 21 heavy (non-hydrogen) atoms. The van der Waals surface area contributed by atoms with E-state index in [2.05, 4.69) is 11.4 Å². The molecule has 0 aliphatic rings. The van der Waals surface area contributed by atoms with Crippen molar-refractivity contribution < 1.29 is 14.2 Å². The van der Waals surface area contributed by atoms with Gasteiger partial charge >= 0.3 is 0 Å². The lowest BCUT2D eigenvalue weighted by Gasteiger charge is -2.22. The molecule has 0 amide bonds. The van der Waals surface area contributed by atoms with E-state index in [9.17, 15) is 5.26 Å². The molecule has 0 heterocycles. The van der Waals surface area contributed by atoms with Crippen molar-refractivity contribution in [1.82, 2.24) is 5.32 Å². The van der Waals surface area contributed by atoms with Gasteiger partial charge in [-0.1, -0.05) is 6.92 Å². The Bertz CT molecular complexity index is 463. The zero-order chi connectivity index (χ0) is 15.7. The minimum absolute atomic E-state index is 0.496. The molecule has 1 rings (SSSR count). The molecular formula is C16H24N2O3. The highest BCUT2D eigenvalue weighted by molar-refractivity contribution is 5.41. The van der Waals surface area contributed by atoms with Gasteiger partial charge in [-0.25, -0.2) is 0 Å². The van der Waals surface area contributed by atoms with E-state index < -0.39 is 5.54 Å². The van der Waals surface area contributed by atoms with Crippen LogP contribution in [0, 0.1) is 11.3 Å². The first-order valence-corrected chi connectivity index (χ1v) is 7.09. The Kier molecular flexibility index (Phi) is 6.83. The summed E-state index contributed by atoms with van der Waals surface area (Å²) in [5, 5.41) is 12.4. The second-order valence-electron chi connectivity index (χ2n) is 4.97. The molecule has 1 aromatic rings. The number of nitriles is 1. The Hall–Kier alpha value is -1.93. The summed E-state index contributed by atoms with van der Waals surface area (Å²) in [4.78, 5) is 0. The van der Waals surface area contributed by atoms with Crippen LogP contribution in [0.25, 0.3) is 0 Å². The zero-order valence-electron chi connectivity index (χ0n) is 13.2. The fourth-order valence-corrected chi connectivity index (χ4v) is 2.05. The highest BCUT2D eigenvalue weighted by atomic mass is 16.5. The van der Waals surface area contributed by atoms with E-state index in [0.717, 1.165) is 19.4 Å². The maximum absolute atomic E-state index is 9.18. The van der Waals surface area contributed by atoms with Crippen LogP contribution >= 0.6 is 0 Å². The smallest absolute Gasteiger partial charge is 0.126 e. The van der Waals surface area contributed by atoms with Crippen LogP contribution in [0.4, 0.5) is 0 Å². The fraction of sp³-hybridized carbons (Fsp3) is 0.562. The molecule has 0 saturated carbocycles. The van der Waals surface area contributed by atoms with Crippen LogP contribution in [0.5, 0.6) is 17.2 Å². The molecule has 0 aliphatic heterocycles. The quantitative estimate of drug-likeness (QED) is 0.709. The van der Waals surface area contributed by atoms with Crippen molar-refractivity contribution in [1.29, 1.82) is 5.26 Å². The van der Waals surface area contributed by atoms with E-state index in [4.69, 9.17) is 14.2 Å². The van der Waals surface area contributed by atoms with E-state index >= 15 is 0 Å². The minimum Gasteiger partial charge on any atom is -0.496 e. The molecule has 1 aromatic carbocycles. The topological polar surface area (TPSA) is 63.5 Å². The predicted octanol–water partition coefficient (Wildman–Crippen LogP) is 2.75. The van der Waals surface area contributed by atoms with Gasteiger partial charge in [-0.3, -0.25) is 5.32 Å². The average molecular weight is 292 g/mol. The van der Waals surface area contributed by atoms with Crippen LogP contribution in [0.1, 0.15) is 26.7 Å². The summed E-state index contributed by atoms with van der Waals surface area (Å²) >= 11 is 0. The molecule has 116 valence electrons. The maximum atomic E-state index is 9.18. The number of nitrogens with one attached hydrogen (secondary N) is 1. The molecule has 0 bridgehead atoms. The Morgan fingerprint density at radius 3 is 2.19 bits per heavy atom. The molecule has 0 radical (unpaired) electrons. The summed E-state index contributed by atoms with van der Waals surface area (Å²) < 4.78 is 16.1. The van der Waals surface area contributed by atoms with Crippen molar-refractivity contribution in [2.24, 2.45) is 0 Å². The van der Waals surface area contributed by atoms with Crippen LogP contribution in [-0.4, -0.2) is 32.9 Å². The third-order valence-electron chi connectivity index (χ3n) is 3.23. The highest BCUT2D eigenvalue weighted by Gasteiger charge is 2.21. The standard InChI is InChI=1S/C16H24N2O3/c1-5-18-16(2,12-17)7-6-8-21-15-10-13(19-3)9-14(11-15)20-4/h9-11,18H,5-8H2,1-4H3. The van der Waals surface area contributed by atoms with Gasteiger partial charge in [-0.15, -0.1) is 0 Å². The summed E-state index contributed by atoms with van der Waals surface area (Å²) in [6.07, 6.45) is 1.52. The number of hydrogen-bond acceptors (Lipinski definition) is 5. The molecule has 0 aromatic heterocycles. The zero-order valence-corrected chi connectivity index (χ0v) is 13.2. The second kappa shape index (κ2) is 8.38. The van der Waals surface area contributed by atoms with Crippen LogP contribution < -0.4 is 19.5 Å². The summed E-state index contributed by atoms with van der Waals surface area (Å²) in [7, 11) is 3.21. The first-order valence-electron chi connectivity index (χ1n) is 7.09. The fourth-order valence-electron chi connectivity index (χ4n) is 2.05. The van der Waals surface area contributed by atoms with Gasteiger partial charge < -0.3 is 14.2 Å². The van der Waals surface area contributed by atoms with Crippen molar-refractivity contribution in [3.63, 3.8) is 0 Å². The van der Waals surface area contributed by atoms with Crippen LogP contribution in [0.3, 0.4) is 0 Å². The summed E-state index contributed by atoms with van der Waals surface area (Å²) in [5.74, 6) is 2.09. The molecule has 1 atom stereocenters. The van der Waals surface area contributed by atoms with Gasteiger partial charge in [0.2, 0.25) is 0 Å². The van der Waals surface area contributed by atoms with Crippen molar-refractivity contribution in [3.8, 4) is 23.3 Å². The van der Waals surface area contributed by atoms with Crippen molar-refractivity contribution in [2.45, 2.75) is 32.2 Å². The highest BCUT2D eigenvalue weighted by Crippen LogP contribution is 2.27. The number of nitrogens with zero attached hydrogens (tertiary/aromatic N) is 1. The molecule has 0 aliphatic carbocycles. The van der Waals surface area contributed by atoms with E-state index in [1.165, 1.54) is 0 Å². The number of hydrogen-bond donors (Lipinski definition) is 1. The molecular weight excluding hydrogens is 268 g/mol. The molecule has 5 nitrogen and oxygen atoms in total. The Labute approximate surface area is 126 Å². The van der Waals surface area contributed by atoms with Gasteiger partial charge in [0.15, 0.2) is 0 Å². The Morgan fingerprint density at radius 2 is 1.71 bits per heavy atom. The number of benzene rings is 1. The number of methoxy groups -OCH3 is 2. The van der Waals surface area contributed by atoms with Crippen molar-refractivity contribution in [3.05, 3.63) is 18.2 Å². The predicted molar refractivity (Wildman–Crippen MR) is 82.0 cm³/mol. The largest absolute Gasteiger partial charge is 0.496 e. The van der Waals surface area contributed by atoms with Crippen molar-refractivity contribution >= 4 is 0 Å². The summed E-state index contributed by atoms with van der Waals surface area (Å²) in [5.41, 5.74) is -0.496. The van der Waals surface area contributed by atoms with Gasteiger partial charge in [0.1, 0.15) is 22.8 Å². The van der Waals surface area contributed by atoms with Gasteiger partial charge in [0, 0.05) is 18.2 Å². The SMILES string of the molecule is CCNC(C)(C#N)CCCOc1cc(OC)cc(OC)c1. The van der Waals surface area contributed by atoms with E-state index in [1.807, 2.05) is 26.0 Å². The molecule has 0 fully saturated rings. The van der Waals surface area contributed by atoms with Gasteiger partial charge in [-0.05, 0) is 26.3 Å². The van der Waals surface area contributed by atoms with E-state index in [-0.39, 0.29) is 0 Å². The monoisotopic (exact) mass is 292 g/mol. The third kappa shape index (κ3) is 5.52. The van der Waals surface area contributed by atoms with Gasteiger partial charge in [0.05, 0.1) is 26.9 Å². The summed E-state index contributed by atoms with van der Waals surface area (Å²) in [6.45, 7) is 5.22. The van der Waals surface area contributed by atoms with E-state index in [1.54, 1.807) is 20.3 Å². The van der Waals surface area contributed by atoms with Gasteiger partial charge in [0.25, 0.3) is 0 Å². The average Bonchev–Trinajstić information content (AvgIpc) is 2.51. The first kappa shape index (κ1) is 17.1. The normalized spacial score (nSPS) is 13.1. The molecule has 0 spiro atoms. The number of rotatable bonds is 9. The van der Waals surface area contributed by atoms with Crippen molar-refractivity contribution in [2.75, 3.05) is 27.4 Å². The molecule has 5 heteroatoms. The lowest BCUT2D eigenvalue weighted by molar-refractivity contribution is 0.283. The van der Waals surface area contributed by atoms with Crippen LogP contribution in [-0.2, 0) is 0 Å². The number of ether oxygens (including phenoxy) is 3. The molecule has 1 N–H and O–H groups in total. The Morgan fingerprint density at radius 1 is 1.14 bits per heavy atom. The van der Waals surface area contributed by atoms with E-state index in [0.29, 0.717) is 23.9 Å². The lowest BCUT2D eigenvalue weighted by Crippen LogP contribution is -2.40. The second-order valence-corrected chi connectivity index (χ2v) is 4.97. The molecule has 0 saturated heterocycles. The first-order chi connectivity index (χ1) is 10.1. The minimum atomic E-state index is -0.496. The summed E-state index contributed by atoms with van der Waals surface area (Å²) in [6, 6.07) is 7.74. The van der Waals surface area contributed by atoms with Crippen LogP contribution in [0.15, 0.2) is 18.2 Å². The van der Waals surface area contributed by atoms with Crippen LogP contribution in [0.2, 0.25) is 0 Å². The lowest BCUT2D eigenvalue weighted by atomic mass is 9.98. The third-order valence-corrected chi connectivity index (χ3v) is 3.23.